The second-order valence-electron chi connectivity index (χ2n) is 12.0. The van der Waals surface area contributed by atoms with Crippen molar-refractivity contribution < 1.29 is 14.0 Å². The summed E-state index contributed by atoms with van der Waals surface area (Å²) in [5.74, 6) is 2.07. The number of benzene rings is 3. The Bertz CT molecular complexity index is 908. The van der Waals surface area contributed by atoms with Crippen molar-refractivity contribution in [1.82, 2.24) is 0 Å². The van der Waals surface area contributed by atoms with Crippen molar-refractivity contribution in [3.63, 3.8) is 0 Å². The monoisotopic (exact) mass is 458 g/mol. The number of hydrogen-bond acceptors (Lipinski definition) is 3. The zero-order valence-corrected chi connectivity index (χ0v) is 22.2. The van der Waals surface area contributed by atoms with Gasteiger partial charge in [0.1, 0.15) is 17.2 Å². The maximum Gasteiger partial charge on any atom is 0.864 e. The van der Waals surface area contributed by atoms with Gasteiger partial charge in [0.2, 0.25) is 0 Å². The summed E-state index contributed by atoms with van der Waals surface area (Å²) in [7, 11) is -0.929. The minimum Gasteiger partial charge on any atom is -0.490 e. The van der Waals surface area contributed by atoms with Gasteiger partial charge in [-0.15, -0.1) is 0 Å². The standard InChI is InChI=1S/C30H39BO3/c1-28(2,3)22-10-16-25(17-11-22)32-31(33-26-18-12-23(13-19-26)29(4,5)6)34-27-20-14-24(15-21-27)30(7,8)9/h10-21H,1-9H3. The summed E-state index contributed by atoms with van der Waals surface area (Å²) in [5, 5.41) is 0. The van der Waals surface area contributed by atoms with Crippen LogP contribution in [0.15, 0.2) is 72.8 Å². The molecule has 34 heavy (non-hydrogen) atoms. The van der Waals surface area contributed by atoms with Gasteiger partial charge in [-0.1, -0.05) is 98.7 Å². The van der Waals surface area contributed by atoms with E-state index in [1.165, 1.54) is 16.7 Å². The molecule has 0 spiro atoms. The highest BCUT2D eigenvalue weighted by atomic mass is 16.7. The van der Waals surface area contributed by atoms with Crippen LogP contribution in [0.3, 0.4) is 0 Å². The summed E-state index contributed by atoms with van der Waals surface area (Å²) in [5.41, 5.74) is 3.97. The fraction of sp³-hybridized carbons (Fsp3) is 0.400. The Labute approximate surface area is 206 Å². The Morgan fingerprint density at radius 2 is 0.588 bits per heavy atom. The predicted octanol–water partition coefficient (Wildman–Crippen LogP) is 8.10. The van der Waals surface area contributed by atoms with Gasteiger partial charge in [-0.3, -0.25) is 0 Å². The van der Waals surface area contributed by atoms with E-state index >= 15 is 0 Å². The van der Waals surface area contributed by atoms with Crippen molar-refractivity contribution in [2.75, 3.05) is 0 Å². The molecule has 0 fully saturated rings. The maximum absolute atomic E-state index is 6.14. The Kier molecular flexibility index (Phi) is 7.40. The summed E-state index contributed by atoms with van der Waals surface area (Å²) in [4.78, 5) is 0. The number of hydrogen-bond donors (Lipinski definition) is 0. The molecule has 4 heteroatoms. The van der Waals surface area contributed by atoms with E-state index in [2.05, 4.69) is 98.7 Å². The molecule has 0 radical (unpaired) electrons. The van der Waals surface area contributed by atoms with Crippen molar-refractivity contribution in [2.45, 2.75) is 78.6 Å². The van der Waals surface area contributed by atoms with Gasteiger partial charge in [-0.2, -0.15) is 0 Å². The molecule has 3 nitrogen and oxygen atoms in total. The van der Waals surface area contributed by atoms with E-state index in [9.17, 15) is 0 Å². The fourth-order valence-corrected chi connectivity index (χ4v) is 3.51. The van der Waals surface area contributed by atoms with E-state index in [1.54, 1.807) is 0 Å². The van der Waals surface area contributed by atoms with Gasteiger partial charge in [0.25, 0.3) is 0 Å². The third-order valence-corrected chi connectivity index (χ3v) is 5.86. The molecule has 0 saturated heterocycles. The first-order chi connectivity index (χ1) is 15.7. The van der Waals surface area contributed by atoms with Crippen LogP contribution in [0, 0.1) is 0 Å². The molecule has 3 rings (SSSR count). The van der Waals surface area contributed by atoms with Crippen LogP contribution in [0.4, 0.5) is 0 Å². The van der Waals surface area contributed by atoms with E-state index in [1.807, 2.05) is 36.4 Å². The summed E-state index contributed by atoms with van der Waals surface area (Å²) in [6.07, 6.45) is 0. The molecule has 3 aromatic rings. The zero-order valence-electron chi connectivity index (χ0n) is 22.2. The molecule has 0 heterocycles. The molecule has 0 aliphatic rings. The highest BCUT2D eigenvalue weighted by Crippen LogP contribution is 2.28. The van der Waals surface area contributed by atoms with Crippen LogP contribution in [0.5, 0.6) is 17.2 Å². The highest BCUT2D eigenvalue weighted by Gasteiger charge is 2.31. The molecule has 3 aromatic carbocycles. The van der Waals surface area contributed by atoms with Crippen LogP contribution in [0.25, 0.3) is 0 Å². The second-order valence-corrected chi connectivity index (χ2v) is 12.0. The lowest BCUT2D eigenvalue weighted by Gasteiger charge is -2.22. The number of rotatable bonds is 6. The lowest BCUT2D eigenvalue weighted by Crippen LogP contribution is -2.37. The molecule has 180 valence electrons. The van der Waals surface area contributed by atoms with E-state index < -0.39 is 7.32 Å². The van der Waals surface area contributed by atoms with Gasteiger partial charge < -0.3 is 14.0 Å². The average molecular weight is 458 g/mol. The lowest BCUT2D eigenvalue weighted by atomic mass is 9.87. The minimum atomic E-state index is -0.929. The van der Waals surface area contributed by atoms with E-state index in [4.69, 9.17) is 14.0 Å². The molecule has 0 amide bonds. The quantitative estimate of drug-likeness (QED) is 0.349. The summed E-state index contributed by atoms with van der Waals surface area (Å²) in [6.45, 7) is 19.8. The smallest absolute Gasteiger partial charge is 0.490 e. The zero-order chi connectivity index (χ0) is 25.1. The van der Waals surface area contributed by atoms with Gasteiger partial charge in [0.05, 0.1) is 0 Å². The second kappa shape index (κ2) is 9.78. The minimum absolute atomic E-state index is 0.0779. The first kappa shape index (κ1) is 25.7. The maximum atomic E-state index is 6.14. The van der Waals surface area contributed by atoms with Crippen LogP contribution < -0.4 is 14.0 Å². The molecule has 0 bridgehead atoms. The van der Waals surface area contributed by atoms with Gasteiger partial charge in [0.15, 0.2) is 0 Å². The molecule has 0 aromatic heterocycles. The molecule has 0 N–H and O–H groups in total. The van der Waals surface area contributed by atoms with E-state index in [0.717, 1.165) is 0 Å². The van der Waals surface area contributed by atoms with Crippen LogP contribution in [-0.2, 0) is 16.2 Å². The van der Waals surface area contributed by atoms with Crippen LogP contribution in [-0.4, -0.2) is 7.32 Å². The van der Waals surface area contributed by atoms with Crippen molar-refractivity contribution >= 4 is 7.32 Å². The van der Waals surface area contributed by atoms with Crippen molar-refractivity contribution in [2.24, 2.45) is 0 Å². The van der Waals surface area contributed by atoms with E-state index in [-0.39, 0.29) is 16.2 Å². The van der Waals surface area contributed by atoms with Crippen molar-refractivity contribution in [1.29, 1.82) is 0 Å². The molecule has 0 saturated carbocycles. The molecule has 0 atom stereocenters. The third kappa shape index (κ3) is 7.06. The lowest BCUT2D eigenvalue weighted by molar-refractivity contribution is 0.307. The third-order valence-electron chi connectivity index (χ3n) is 5.86. The first-order valence-corrected chi connectivity index (χ1v) is 12.0. The molecular formula is C30H39BO3. The largest absolute Gasteiger partial charge is 0.864 e. The molecule has 0 unspecified atom stereocenters. The molecule has 0 aliphatic carbocycles. The Morgan fingerprint density at radius 3 is 0.765 bits per heavy atom. The fourth-order valence-electron chi connectivity index (χ4n) is 3.51. The van der Waals surface area contributed by atoms with Crippen molar-refractivity contribution in [3.05, 3.63) is 89.5 Å². The molecular weight excluding hydrogens is 419 g/mol. The summed E-state index contributed by atoms with van der Waals surface area (Å²) < 4.78 is 18.4. The normalized spacial score (nSPS) is 12.3. The highest BCUT2D eigenvalue weighted by molar-refractivity contribution is 6.39. The van der Waals surface area contributed by atoms with E-state index in [0.29, 0.717) is 17.2 Å². The topological polar surface area (TPSA) is 27.7 Å². The van der Waals surface area contributed by atoms with Gasteiger partial charge >= 0.3 is 7.32 Å². The van der Waals surface area contributed by atoms with Gasteiger partial charge in [-0.25, -0.2) is 0 Å². The molecule has 0 aliphatic heterocycles. The Hall–Kier alpha value is -2.88. The SMILES string of the molecule is CC(C)(C)c1ccc(OB(Oc2ccc(C(C)(C)C)cc2)Oc2ccc(C(C)(C)C)cc2)cc1. The Morgan fingerprint density at radius 1 is 0.382 bits per heavy atom. The van der Waals surface area contributed by atoms with Crippen LogP contribution >= 0.6 is 0 Å². The van der Waals surface area contributed by atoms with Crippen molar-refractivity contribution in [3.8, 4) is 17.2 Å². The predicted molar refractivity (Wildman–Crippen MR) is 143 cm³/mol. The van der Waals surface area contributed by atoms with Crippen LogP contribution in [0.1, 0.15) is 79.0 Å². The van der Waals surface area contributed by atoms with Gasteiger partial charge in [0, 0.05) is 0 Å². The Balaban J connectivity index is 1.82. The summed E-state index contributed by atoms with van der Waals surface area (Å²) >= 11 is 0. The average Bonchev–Trinajstić information content (AvgIpc) is 2.73. The van der Waals surface area contributed by atoms with Crippen LogP contribution in [0.2, 0.25) is 0 Å². The van der Waals surface area contributed by atoms with Gasteiger partial charge in [-0.05, 0) is 69.3 Å². The first-order valence-electron chi connectivity index (χ1n) is 12.0. The summed E-state index contributed by atoms with van der Waals surface area (Å²) in [6, 6.07) is 24.3.